The molecule has 0 radical (unpaired) electrons. The summed E-state index contributed by atoms with van der Waals surface area (Å²) in [6.45, 7) is 6.64. The second kappa shape index (κ2) is 5.68. The van der Waals surface area contributed by atoms with E-state index in [0.717, 1.165) is 32.5 Å². The van der Waals surface area contributed by atoms with E-state index in [9.17, 15) is 5.11 Å². The fourth-order valence-corrected chi connectivity index (χ4v) is 2.47. The molecule has 1 aromatic rings. The highest BCUT2D eigenvalue weighted by Crippen LogP contribution is 2.20. The molecule has 2 rings (SSSR count). The van der Waals surface area contributed by atoms with Gasteiger partial charge in [0, 0.05) is 19.6 Å². The van der Waals surface area contributed by atoms with Crippen molar-refractivity contribution >= 4 is 6.08 Å². The molecule has 0 spiro atoms. The molecule has 0 bridgehead atoms. The molecule has 18 heavy (non-hydrogen) atoms. The number of likely N-dealkylation sites (tertiary alicyclic amines) is 1. The van der Waals surface area contributed by atoms with Crippen molar-refractivity contribution in [3.63, 3.8) is 0 Å². The first-order valence-electron chi connectivity index (χ1n) is 6.72. The van der Waals surface area contributed by atoms with Gasteiger partial charge >= 0.3 is 0 Å². The summed E-state index contributed by atoms with van der Waals surface area (Å²) in [5, 5.41) is 9.81. The van der Waals surface area contributed by atoms with Crippen LogP contribution in [0.25, 0.3) is 6.08 Å². The van der Waals surface area contributed by atoms with Gasteiger partial charge in [-0.15, -0.1) is 0 Å². The molecule has 1 aliphatic rings. The third kappa shape index (κ3) is 4.28. The highest BCUT2D eigenvalue weighted by atomic mass is 16.3. The van der Waals surface area contributed by atoms with Crippen molar-refractivity contribution in [3.8, 4) is 0 Å². The molecule has 0 saturated carbocycles. The van der Waals surface area contributed by atoms with Crippen LogP contribution in [0.2, 0.25) is 0 Å². The van der Waals surface area contributed by atoms with Crippen LogP contribution < -0.4 is 0 Å². The van der Waals surface area contributed by atoms with E-state index < -0.39 is 5.60 Å². The van der Waals surface area contributed by atoms with E-state index in [1.165, 1.54) is 11.1 Å². The first-order chi connectivity index (χ1) is 8.53. The van der Waals surface area contributed by atoms with Crippen LogP contribution in [0.5, 0.6) is 0 Å². The number of β-amino-alcohol motifs (C(OH)–C–C–N with tert-alkyl or cyclic N) is 1. The Hall–Kier alpha value is -1.12. The van der Waals surface area contributed by atoms with E-state index >= 15 is 0 Å². The molecule has 0 amide bonds. The van der Waals surface area contributed by atoms with Gasteiger partial charge in [-0.2, -0.15) is 0 Å². The molecule has 1 fully saturated rings. The number of benzene rings is 1. The van der Waals surface area contributed by atoms with E-state index in [2.05, 4.69) is 35.2 Å². The van der Waals surface area contributed by atoms with Gasteiger partial charge in [0.05, 0.1) is 5.60 Å². The van der Waals surface area contributed by atoms with Gasteiger partial charge in [-0.25, -0.2) is 0 Å². The van der Waals surface area contributed by atoms with Crippen molar-refractivity contribution in [3.05, 3.63) is 41.5 Å². The molecule has 1 saturated heterocycles. The Kier molecular flexibility index (Phi) is 4.20. The van der Waals surface area contributed by atoms with E-state index in [0.29, 0.717) is 0 Å². The monoisotopic (exact) mass is 245 g/mol. The second-order valence-electron chi connectivity index (χ2n) is 5.80. The van der Waals surface area contributed by atoms with Gasteiger partial charge in [0.15, 0.2) is 0 Å². The quantitative estimate of drug-likeness (QED) is 0.885. The number of nitrogens with zero attached hydrogens (tertiary/aromatic N) is 1. The van der Waals surface area contributed by atoms with Crippen LogP contribution in [0.15, 0.2) is 35.9 Å². The minimum atomic E-state index is -0.583. The lowest BCUT2D eigenvalue weighted by molar-refractivity contribution is 0.0338. The summed E-state index contributed by atoms with van der Waals surface area (Å²) in [6.07, 6.45) is 4.54. The SMILES string of the molecule is CC(C)(O)CN1CCC(=Cc2ccccc2)CC1. The first kappa shape index (κ1) is 13.3. The van der Waals surface area contributed by atoms with E-state index in [1.54, 1.807) is 0 Å². The Balaban J connectivity index is 1.89. The van der Waals surface area contributed by atoms with Gasteiger partial charge in [0.1, 0.15) is 0 Å². The maximum Gasteiger partial charge on any atom is 0.0718 e. The van der Waals surface area contributed by atoms with Crippen molar-refractivity contribution in [1.29, 1.82) is 0 Å². The molecule has 98 valence electrons. The first-order valence-corrected chi connectivity index (χ1v) is 6.72. The molecule has 0 atom stereocenters. The second-order valence-corrected chi connectivity index (χ2v) is 5.80. The Morgan fingerprint density at radius 2 is 1.78 bits per heavy atom. The van der Waals surface area contributed by atoms with Gasteiger partial charge in [-0.1, -0.05) is 42.0 Å². The minimum absolute atomic E-state index is 0.583. The maximum absolute atomic E-state index is 9.81. The number of hydrogen-bond acceptors (Lipinski definition) is 2. The summed E-state index contributed by atoms with van der Waals surface area (Å²) in [4.78, 5) is 2.35. The van der Waals surface area contributed by atoms with Gasteiger partial charge < -0.3 is 5.11 Å². The Morgan fingerprint density at radius 1 is 1.17 bits per heavy atom. The maximum atomic E-state index is 9.81. The van der Waals surface area contributed by atoms with Crippen molar-refractivity contribution < 1.29 is 5.11 Å². The van der Waals surface area contributed by atoms with Crippen molar-refractivity contribution in [1.82, 2.24) is 4.90 Å². The van der Waals surface area contributed by atoms with Crippen LogP contribution in [0, 0.1) is 0 Å². The summed E-state index contributed by atoms with van der Waals surface area (Å²) in [6, 6.07) is 10.5. The molecular weight excluding hydrogens is 222 g/mol. The smallest absolute Gasteiger partial charge is 0.0718 e. The van der Waals surface area contributed by atoms with Crippen molar-refractivity contribution in [2.75, 3.05) is 19.6 Å². The van der Waals surface area contributed by atoms with Crippen molar-refractivity contribution in [2.45, 2.75) is 32.3 Å². The van der Waals surface area contributed by atoms with Crippen molar-refractivity contribution in [2.24, 2.45) is 0 Å². The Morgan fingerprint density at radius 3 is 2.33 bits per heavy atom. The van der Waals surface area contributed by atoms with Gasteiger partial charge in [0.25, 0.3) is 0 Å². The molecule has 1 N–H and O–H groups in total. The predicted molar refractivity (Wildman–Crippen MR) is 76.4 cm³/mol. The number of aliphatic hydroxyl groups is 1. The normalized spacial score (nSPS) is 17.8. The molecule has 2 heteroatoms. The zero-order valence-electron chi connectivity index (χ0n) is 11.4. The molecule has 2 nitrogen and oxygen atoms in total. The number of rotatable bonds is 3. The molecule has 1 heterocycles. The highest BCUT2D eigenvalue weighted by Gasteiger charge is 2.21. The van der Waals surface area contributed by atoms with E-state index in [1.807, 2.05) is 19.9 Å². The lowest BCUT2D eigenvalue weighted by Gasteiger charge is -2.32. The molecular formula is C16H23NO. The van der Waals surface area contributed by atoms with Gasteiger partial charge in [-0.3, -0.25) is 4.90 Å². The molecule has 1 aromatic carbocycles. The molecule has 1 aliphatic heterocycles. The van der Waals surface area contributed by atoms with E-state index in [-0.39, 0.29) is 0 Å². The summed E-state index contributed by atoms with van der Waals surface area (Å²) < 4.78 is 0. The molecule has 0 unspecified atom stereocenters. The van der Waals surface area contributed by atoms with E-state index in [4.69, 9.17) is 0 Å². The molecule has 0 aliphatic carbocycles. The molecule has 0 aromatic heterocycles. The lowest BCUT2D eigenvalue weighted by Crippen LogP contribution is -2.41. The topological polar surface area (TPSA) is 23.5 Å². The fraction of sp³-hybridized carbons (Fsp3) is 0.500. The average molecular weight is 245 g/mol. The number of piperidine rings is 1. The largest absolute Gasteiger partial charge is 0.389 e. The number of hydrogen-bond donors (Lipinski definition) is 1. The summed E-state index contributed by atoms with van der Waals surface area (Å²) in [7, 11) is 0. The zero-order chi connectivity index (χ0) is 13.0. The van der Waals surface area contributed by atoms with Crippen LogP contribution in [-0.4, -0.2) is 35.2 Å². The summed E-state index contributed by atoms with van der Waals surface area (Å²) in [5.41, 5.74) is 2.23. The lowest BCUT2D eigenvalue weighted by atomic mass is 9.99. The average Bonchev–Trinajstić information content (AvgIpc) is 2.31. The Bertz CT molecular complexity index is 393. The van der Waals surface area contributed by atoms with Crippen LogP contribution in [0.1, 0.15) is 32.3 Å². The zero-order valence-corrected chi connectivity index (χ0v) is 11.4. The summed E-state index contributed by atoms with van der Waals surface area (Å²) in [5.74, 6) is 0. The third-order valence-corrected chi connectivity index (χ3v) is 3.28. The van der Waals surface area contributed by atoms with Gasteiger partial charge in [-0.05, 0) is 32.3 Å². The van der Waals surface area contributed by atoms with Crippen LogP contribution in [-0.2, 0) is 0 Å². The van der Waals surface area contributed by atoms with Crippen LogP contribution >= 0.6 is 0 Å². The van der Waals surface area contributed by atoms with Crippen LogP contribution in [0.4, 0.5) is 0 Å². The third-order valence-electron chi connectivity index (χ3n) is 3.28. The summed E-state index contributed by atoms with van der Waals surface area (Å²) >= 11 is 0. The van der Waals surface area contributed by atoms with Gasteiger partial charge in [0.2, 0.25) is 0 Å². The Labute approximate surface area is 110 Å². The predicted octanol–water partition coefficient (Wildman–Crippen LogP) is 2.94. The highest BCUT2D eigenvalue weighted by molar-refractivity contribution is 5.52. The van der Waals surface area contributed by atoms with Crippen LogP contribution in [0.3, 0.4) is 0 Å². The minimum Gasteiger partial charge on any atom is -0.389 e. The standard InChI is InChI=1S/C16H23NO/c1-16(2,18)13-17-10-8-15(9-11-17)12-14-6-4-3-5-7-14/h3-7,12,18H,8-11,13H2,1-2H3. The fourth-order valence-electron chi connectivity index (χ4n) is 2.47.